The lowest BCUT2D eigenvalue weighted by molar-refractivity contribution is 0.0714. The Kier molecular flexibility index (Phi) is 7.11. The van der Waals surface area contributed by atoms with Gasteiger partial charge in [0.25, 0.3) is 5.91 Å². The summed E-state index contributed by atoms with van der Waals surface area (Å²) in [5.41, 5.74) is 10.8. The highest BCUT2D eigenvalue weighted by Gasteiger charge is 2.29. The Balaban J connectivity index is 1.46. The van der Waals surface area contributed by atoms with Gasteiger partial charge in [-0.1, -0.05) is 30.3 Å². The summed E-state index contributed by atoms with van der Waals surface area (Å²) < 4.78 is 21.9. The number of nitrogens with zero attached hydrogens (tertiary/aromatic N) is 3. The van der Waals surface area contributed by atoms with Gasteiger partial charge < -0.3 is 19.9 Å². The molecule has 0 bridgehead atoms. The molecule has 36 heavy (non-hydrogen) atoms. The van der Waals surface area contributed by atoms with E-state index >= 15 is 0 Å². The van der Waals surface area contributed by atoms with Crippen molar-refractivity contribution in [3.63, 3.8) is 0 Å². The van der Waals surface area contributed by atoms with E-state index in [1.54, 1.807) is 19.4 Å². The summed E-state index contributed by atoms with van der Waals surface area (Å²) in [4.78, 5) is 20.3. The van der Waals surface area contributed by atoms with Gasteiger partial charge in [-0.15, -0.1) is 0 Å². The normalized spacial score (nSPS) is 14.5. The van der Waals surface area contributed by atoms with Gasteiger partial charge >= 0.3 is 0 Å². The molecule has 2 N–H and O–H groups in total. The summed E-state index contributed by atoms with van der Waals surface area (Å²) in [7, 11) is 1.67. The second kappa shape index (κ2) is 10.6. The zero-order valence-corrected chi connectivity index (χ0v) is 20.5. The van der Waals surface area contributed by atoms with E-state index in [2.05, 4.69) is 9.55 Å². The highest BCUT2D eigenvalue weighted by molar-refractivity contribution is 6.12. The number of aromatic nitrogens is 2. The fraction of sp³-hybridized carbons (Fsp3) is 0.310. The van der Waals surface area contributed by atoms with Crippen molar-refractivity contribution in [2.75, 3.05) is 26.8 Å². The Morgan fingerprint density at radius 3 is 2.69 bits per heavy atom. The second-order valence-electron chi connectivity index (χ2n) is 9.27. The molecule has 4 aromatic rings. The van der Waals surface area contributed by atoms with E-state index in [9.17, 15) is 9.18 Å². The van der Waals surface area contributed by atoms with Crippen molar-refractivity contribution in [1.29, 1.82) is 0 Å². The highest BCUT2D eigenvalue weighted by Crippen LogP contribution is 2.35. The Labute approximate surface area is 210 Å². The number of amides is 1. The van der Waals surface area contributed by atoms with Crippen molar-refractivity contribution < 1.29 is 13.9 Å². The number of rotatable bonds is 7. The van der Waals surface area contributed by atoms with Crippen LogP contribution in [0.1, 0.15) is 40.2 Å². The number of carbonyl (C=O) groups is 1. The van der Waals surface area contributed by atoms with Gasteiger partial charge in [-0.05, 0) is 54.2 Å². The second-order valence-corrected chi connectivity index (χ2v) is 9.27. The molecule has 0 aliphatic carbocycles. The number of pyridine rings is 1. The minimum atomic E-state index is -0.196. The largest absolute Gasteiger partial charge is 0.383 e. The molecule has 1 aliphatic rings. The number of fused-ring (bicyclic) bond motifs is 1. The first-order chi connectivity index (χ1) is 17.6. The number of ether oxygens (including phenoxy) is 1. The van der Waals surface area contributed by atoms with Gasteiger partial charge in [0.2, 0.25) is 0 Å². The zero-order valence-electron chi connectivity index (χ0n) is 20.5. The quantitative estimate of drug-likeness (QED) is 0.400. The van der Waals surface area contributed by atoms with E-state index in [1.807, 2.05) is 53.6 Å². The van der Waals surface area contributed by atoms with Crippen molar-refractivity contribution in [2.24, 2.45) is 5.73 Å². The first kappa shape index (κ1) is 24.2. The topological polar surface area (TPSA) is 73.4 Å². The van der Waals surface area contributed by atoms with Crippen LogP contribution >= 0.6 is 0 Å². The third-order valence-corrected chi connectivity index (χ3v) is 7.13. The number of likely N-dealkylation sites (tertiary alicyclic amines) is 1. The number of piperidine rings is 1. The van der Waals surface area contributed by atoms with Crippen LogP contribution in [-0.4, -0.2) is 47.2 Å². The number of benzene rings is 2. The van der Waals surface area contributed by atoms with Crippen LogP contribution in [0, 0.1) is 5.82 Å². The molecule has 2 aromatic carbocycles. The molecule has 1 fully saturated rings. The number of hydrogen-bond acceptors (Lipinski definition) is 4. The first-order valence-electron chi connectivity index (χ1n) is 12.4. The minimum Gasteiger partial charge on any atom is -0.383 e. The fourth-order valence-electron chi connectivity index (χ4n) is 5.22. The van der Waals surface area contributed by atoms with E-state index in [0.717, 1.165) is 27.7 Å². The lowest BCUT2D eigenvalue weighted by Crippen LogP contribution is -2.38. The third kappa shape index (κ3) is 4.64. The van der Waals surface area contributed by atoms with Gasteiger partial charge in [-0.25, -0.2) is 4.39 Å². The monoisotopic (exact) mass is 486 g/mol. The summed E-state index contributed by atoms with van der Waals surface area (Å²) in [6, 6.07) is 17.0. The van der Waals surface area contributed by atoms with Crippen LogP contribution in [0.2, 0.25) is 0 Å². The lowest BCUT2D eigenvalue weighted by atomic mass is 9.88. The molecule has 0 radical (unpaired) electrons. The molecule has 5 rings (SSSR count). The van der Waals surface area contributed by atoms with Crippen LogP contribution in [-0.2, 0) is 17.8 Å². The number of carbonyl (C=O) groups excluding carboxylic acids is 1. The van der Waals surface area contributed by atoms with E-state index in [1.165, 1.54) is 6.07 Å². The predicted molar refractivity (Wildman–Crippen MR) is 139 cm³/mol. The minimum absolute atomic E-state index is 0.00539. The van der Waals surface area contributed by atoms with E-state index in [-0.39, 0.29) is 17.6 Å². The average molecular weight is 487 g/mol. The van der Waals surface area contributed by atoms with Gasteiger partial charge in [0, 0.05) is 62.1 Å². The molecule has 0 unspecified atom stereocenters. The van der Waals surface area contributed by atoms with Gasteiger partial charge in [-0.3, -0.25) is 9.78 Å². The summed E-state index contributed by atoms with van der Waals surface area (Å²) >= 11 is 0. The smallest absolute Gasteiger partial charge is 0.256 e. The van der Waals surface area contributed by atoms with E-state index in [0.29, 0.717) is 56.8 Å². The SMILES string of the molecule is COCCn1cc(C(=O)N2CCC(c3cc(CN)ccc3F)CC2)c2c(-c3ccccn3)cccc21. The first-order valence-corrected chi connectivity index (χ1v) is 12.4. The number of hydrogen-bond donors (Lipinski definition) is 1. The van der Waals surface area contributed by atoms with Crippen molar-refractivity contribution in [1.82, 2.24) is 14.5 Å². The molecule has 1 saturated heterocycles. The fourth-order valence-corrected chi connectivity index (χ4v) is 5.22. The summed E-state index contributed by atoms with van der Waals surface area (Å²) in [6.07, 6.45) is 5.13. The van der Waals surface area contributed by atoms with Crippen LogP contribution in [0.5, 0.6) is 0 Å². The highest BCUT2D eigenvalue weighted by atomic mass is 19.1. The van der Waals surface area contributed by atoms with Crippen molar-refractivity contribution >= 4 is 16.8 Å². The summed E-state index contributed by atoms with van der Waals surface area (Å²) in [5.74, 6) is -0.125. The predicted octanol–water partition coefficient (Wildman–Crippen LogP) is 4.97. The standard InChI is InChI=1S/C29H31FN4O2/c1-36-16-15-34-19-24(28-22(5-4-7-27(28)34)26-6-2-3-12-32-26)29(35)33-13-10-21(11-14-33)23-17-20(18-31)8-9-25(23)30/h2-9,12,17,19,21H,10-11,13-16,18,31H2,1H3. The zero-order chi connectivity index (χ0) is 25.1. The Bertz CT molecular complexity index is 1360. The van der Waals surface area contributed by atoms with Crippen LogP contribution in [0.4, 0.5) is 4.39 Å². The molecular weight excluding hydrogens is 455 g/mol. The number of halogens is 1. The van der Waals surface area contributed by atoms with Crippen LogP contribution in [0.25, 0.3) is 22.2 Å². The Morgan fingerprint density at radius 1 is 1.14 bits per heavy atom. The third-order valence-electron chi connectivity index (χ3n) is 7.13. The molecule has 2 aromatic heterocycles. The van der Waals surface area contributed by atoms with E-state index < -0.39 is 0 Å². The summed E-state index contributed by atoms with van der Waals surface area (Å²) in [5, 5.41) is 0.904. The molecule has 186 valence electrons. The van der Waals surface area contributed by atoms with Crippen molar-refractivity contribution in [3.05, 3.63) is 89.5 Å². The molecule has 1 amide bonds. The molecular formula is C29H31FN4O2. The maximum atomic E-state index is 14.6. The maximum Gasteiger partial charge on any atom is 0.256 e. The van der Waals surface area contributed by atoms with Crippen molar-refractivity contribution in [3.8, 4) is 11.3 Å². The average Bonchev–Trinajstić information content (AvgIpc) is 3.31. The van der Waals surface area contributed by atoms with Crippen LogP contribution in [0.3, 0.4) is 0 Å². The van der Waals surface area contributed by atoms with Gasteiger partial charge in [0.1, 0.15) is 5.82 Å². The van der Waals surface area contributed by atoms with Crippen LogP contribution in [0.15, 0.2) is 67.0 Å². The van der Waals surface area contributed by atoms with Gasteiger partial charge in [0.15, 0.2) is 0 Å². The molecule has 6 nitrogen and oxygen atoms in total. The molecule has 3 heterocycles. The van der Waals surface area contributed by atoms with Gasteiger partial charge in [0.05, 0.1) is 17.9 Å². The summed E-state index contributed by atoms with van der Waals surface area (Å²) in [6.45, 7) is 2.73. The van der Waals surface area contributed by atoms with Crippen LogP contribution < -0.4 is 5.73 Å². The lowest BCUT2D eigenvalue weighted by Gasteiger charge is -2.32. The number of methoxy groups -OCH3 is 1. The maximum absolute atomic E-state index is 14.6. The number of nitrogens with two attached hydrogens (primary N) is 1. The van der Waals surface area contributed by atoms with E-state index in [4.69, 9.17) is 10.5 Å². The molecule has 0 atom stereocenters. The molecule has 7 heteroatoms. The Morgan fingerprint density at radius 2 is 1.97 bits per heavy atom. The molecule has 1 aliphatic heterocycles. The van der Waals surface area contributed by atoms with Gasteiger partial charge in [-0.2, -0.15) is 0 Å². The van der Waals surface area contributed by atoms with Crippen molar-refractivity contribution in [2.45, 2.75) is 31.8 Å². The Hall–Kier alpha value is -3.55. The molecule has 0 spiro atoms. The molecule has 0 saturated carbocycles.